The SMILES string of the molecule is CC1(C)c2ccccc2-c2ccc3c(c21)c1cc(-c2ccc4c(c2)c2ccccc2n4-c2cccc(-c4ccccc4)c2)ccc1n3-c1ccc2ccccc2c1.CC1(C)c2ccccc2-c2ccc3c4cc(-c5ccc6c(c5)c5ccccc5n6-c5cccc(-c6ccccc6)c5)ccc4n(-c4ccc5ccccc5c4)c3c21. The predicted octanol–water partition coefficient (Wildman–Crippen LogP) is 29.3. The van der Waals surface area contributed by atoms with E-state index in [1.54, 1.807) is 0 Å². The number of nitrogens with zero attached hydrogens (tertiary/aromatic N) is 4. The molecule has 0 saturated heterocycles. The Bertz CT molecular complexity index is 7780. The van der Waals surface area contributed by atoms with Gasteiger partial charge < -0.3 is 18.3 Å². The Morgan fingerprint density at radius 1 is 0.184 bits per heavy atom. The lowest BCUT2D eigenvalue weighted by molar-refractivity contribution is 0.664. The molecule has 24 rings (SSSR count). The molecular weight excluding hydrogens is 1380 g/mol. The zero-order chi connectivity index (χ0) is 75.7. The van der Waals surface area contributed by atoms with Crippen LogP contribution in [0.4, 0.5) is 0 Å². The lowest BCUT2D eigenvalue weighted by Gasteiger charge is -2.23. The molecule has 0 unspecified atom stereocenters. The first-order chi connectivity index (χ1) is 56.1. The Morgan fingerprint density at radius 3 is 1.06 bits per heavy atom. The second-order valence-electron chi connectivity index (χ2n) is 32.3. The second-order valence-corrected chi connectivity index (χ2v) is 32.3. The summed E-state index contributed by atoms with van der Waals surface area (Å²) in [5, 5.41) is 15.2. The van der Waals surface area contributed by atoms with Crippen LogP contribution in [0, 0.1) is 0 Å². The normalized spacial score (nSPS) is 13.2. The molecule has 18 aromatic carbocycles. The summed E-state index contributed by atoms with van der Waals surface area (Å²) >= 11 is 0. The smallest absolute Gasteiger partial charge is 0.0588 e. The number of hydrogen-bond donors (Lipinski definition) is 0. The minimum atomic E-state index is -0.156. The summed E-state index contributed by atoms with van der Waals surface area (Å²) in [7, 11) is 0. The van der Waals surface area contributed by atoms with Crippen LogP contribution in [0.15, 0.2) is 388 Å². The fourth-order valence-corrected chi connectivity index (χ4v) is 20.1. The highest BCUT2D eigenvalue weighted by molar-refractivity contribution is 6.18. The molecule has 0 radical (unpaired) electrons. The molecule has 0 aliphatic heterocycles. The summed E-state index contributed by atoms with van der Waals surface area (Å²) < 4.78 is 9.86. The van der Waals surface area contributed by atoms with Gasteiger partial charge >= 0.3 is 0 Å². The van der Waals surface area contributed by atoms with E-state index in [1.165, 1.54) is 209 Å². The molecule has 4 aromatic heterocycles. The summed E-state index contributed by atoms with van der Waals surface area (Å²) in [6.07, 6.45) is 0. The lowest BCUT2D eigenvalue weighted by Crippen LogP contribution is -2.16. The molecule has 4 heterocycles. The molecule has 0 atom stereocenters. The second kappa shape index (κ2) is 25.1. The van der Waals surface area contributed by atoms with Gasteiger partial charge in [0, 0.05) is 76.7 Å². The van der Waals surface area contributed by atoms with Gasteiger partial charge in [0.25, 0.3) is 0 Å². The van der Waals surface area contributed by atoms with Crippen LogP contribution in [-0.4, -0.2) is 18.3 Å². The van der Waals surface area contributed by atoms with Crippen molar-refractivity contribution in [3.8, 4) is 89.5 Å². The Morgan fingerprint density at radius 2 is 0.535 bits per heavy atom. The van der Waals surface area contributed by atoms with E-state index in [2.05, 4.69) is 434 Å². The molecule has 0 amide bonds. The van der Waals surface area contributed by atoms with Crippen LogP contribution in [0.1, 0.15) is 49.9 Å². The molecule has 22 aromatic rings. The van der Waals surface area contributed by atoms with Gasteiger partial charge in [0.15, 0.2) is 0 Å². The van der Waals surface area contributed by atoms with Crippen LogP contribution in [-0.2, 0) is 10.8 Å². The van der Waals surface area contributed by atoms with Crippen LogP contribution >= 0.6 is 0 Å². The summed E-state index contributed by atoms with van der Waals surface area (Å²) in [5.41, 5.74) is 34.9. The van der Waals surface area contributed by atoms with Gasteiger partial charge in [0.1, 0.15) is 0 Å². The number of rotatable bonds is 8. The van der Waals surface area contributed by atoms with Gasteiger partial charge in [-0.1, -0.05) is 301 Å². The van der Waals surface area contributed by atoms with Gasteiger partial charge in [0.05, 0.1) is 44.1 Å². The maximum absolute atomic E-state index is 2.54. The van der Waals surface area contributed by atoms with Crippen molar-refractivity contribution in [1.82, 2.24) is 18.3 Å². The van der Waals surface area contributed by atoms with E-state index in [-0.39, 0.29) is 10.8 Å². The number of benzene rings is 18. The lowest BCUT2D eigenvalue weighted by atomic mass is 9.80. The first-order valence-corrected chi connectivity index (χ1v) is 39.9. The summed E-state index contributed by atoms with van der Waals surface area (Å²) in [6.45, 7) is 9.60. The topological polar surface area (TPSA) is 19.7 Å². The third-order valence-corrected chi connectivity index (χ3v) is 25.3. The van der Waals surface area contributed by atoms with E-state index in [9.17, 15) is 0 Å². The summed E-state index contributed by atoms with van der Waals surface area (Å²) in [6, 6.07) is 144. The van der Waals surface area contributed by atoms with Gasteiger partial charge in [-0.2, -0.15) is 0 Å². The van der Waals surface area contributed by atoms with Gasteiger partial charge in [-0.15, -0.1) is 0 Å². The minimum Gasteiger partial charge on any atom is -0.309 e. The fraction of sp³-hybridized carbons (Fsp3) is 0.0545. The molecule has 4 heteroatoms. The van der Waals surface area contributed by atoms with Gasteiger partial charge in [-0.25, -0.2) is 0 Å². The highest BCUT2D eigenvalue weighted by Gasteiger charge is 2.40. The molecule has 114 heavy (non-hydrogen) atoms. The van der Waals surface area contributed by atoms with Crippen molar-refractivity contribution in [3.63, 3.8) is 0 Å². The highest BCUT2D eigenvalue weighted by Crippen LogP contribution is 2.56. The molecule has 0 N–H and O–H groups in total. The molecule has 4 nitrogen and oxygen atoms in total. The zero-order valence-electron chi connectivity index (χ0n) is 63.7. The number of fused-ring (bicyclic) bond motifs is 22. The van der Waals surface area contributed by atoms with E-state index >= 15 is 0 Å². The molecule has 536 valence electrons. The largest absolute Gasteiger partial charge is 0.309 e. The van der Waals surface area contributed by atoms with Crippen LogP contribution in [0.25, 0.3) is 198 Å². The average molecular weight is 1450 g/mol. The fourth-order valence-electron chi connectivity index (χ4n) is 20.1. The molecule has 0 fully saturated rings. The third-order valence-electron chi connectivity index (χ3n) is 25.3. The first kappa shape index (κ1) is 65.6. The van der Waals surface area contributed by atoms with Crippen LogP contribution < -0.4 is 0 Å². The van der Waals surface area contributed by atoms with Crippen molar-refractivity contribution >= 4 is 109 Å². The monoisotopic (exact) mass is 1450 g/mol. The molecular formula is C110H76N4. The predicted molar refractivity (Wildman–Crippen MR) is 482 cm³/mol. The standard InChI is InChI=1S/2C55H38N2/c1-55(2)49-21-10-8-19-43(49)45-27-28-46-48-34-40(25-30-52(48)57(54(46)53(45)55)42-26-23-36-15-6-7-16-37(36)32-42)39-24-29-51-47(33-39)44-20-9-11-22-50(44)56(51)41-18-12-17-38(31-41)35-13-4-3-5-14-35;1-55(2)48-21-10-8-19-43(48)45-27-30-52-53(54(45)55)47-34-40(25-29-51(47)57(52)42-26-23-36-15-6-7-16-37(36)32-42)39-24-28-50-46(33-39)44-20-9-11-22-49(44)56(50)41-18-12-17-38(31-41)35-13-4-3-5-14-35/h2*3-34H,1-2H3. The summed E-state index contributed by atoms with van der Waals surface area (Å²) in [5.74, 6) is 0. The first-order valence-electron chi connectivity index (χ1n) is 39.9. The van der Waals surface area contributed by atoms with E-state index < -0.39 is 0 Å². The van der Waals surface area contributed by atoms with Crippen LogP contribution in [0.2, 0.25) is 0 Å². The van der Waals surface area contributed by atoms with Crippen molar-refractivity contribution in [2.75, 3.05) is 0 Å². The maximum Gasteiger partial charge on any atom is 0.0588 e. The number of aromatic nitrogens is 4. The quantitative estimate of drug-likeness (QED) is 0.144. The van der Waals surface area contributed by atoms with Gasteiger partial charge in [0.2, 0.25) is 0 Å². The average Bonchev–Trinajstić information content (AvgIpc) is 1.54. The summed E-state index contributed by atoms with van der Waals surface area (Å²) in [4.78, 5) is 0. The minimum absolute atomic E-state index is 0.150. The molecule has 0 saturated carbocycles. The van der Waals surface area contributed by atoms with Crippen molar-refractivity contribution < 1.29 is 0 Å². The van der Waals surface area contributed by atoms with Crippen molar-refractivity contribution in [2.24, 2.45) is 0 Å². The van der Waals surface area contributed by atoms with E-state index in [4.69, 9.17) is 0 Å². The molecule has 0 spiro atoms. The third kappa shape index (κ3) is 9.90. The van der Waals surface area contributed by atoms with Gasteiger partial charge in [-0.05, 0) is 226 Å². The Balaban J connectivity index is 0.000000135. The maximum atomic E-state index is 2.54. The van der Waals surface area contributed by atoms with Crippen LogP contribution in [0.3, 0.4) is 0 Å². The molecule has 2 aliphatic carbocycles. The van der Waals surface area contributed by atoms with E-state index in [0.29, 0.717) is 0 Å². The van der Waals surface area contributed by atoms with Crippen molar-refractivity contribution in [1.29, 1.82) is 0 Å². The Hall–Kier alpha value is -14.3. The highest BCUT2D eigenvalue weighted by atomic mass is 15.0. The van der Waals surface area contributed by atoms with Crippen molar-refractivity contribution in [3.05, 3.63) is 411 Å². The number of para-hydroxylation sites is 2. The Labute approximate surface area is 661 Å². The van der Waals surface area contributed by atoms with Crippen molar-refractivity contribution in [2.45, 2.75) is 38.5 Å². The Kier molecular flexibility index (Phi) is 14.4. The van der Waals surface area contributed by atoms with E-state index in [0.717, 1.165) is 11.4 Å². The van der Waals surface area contributed by atoms with Gasteiger partial charge in [-0.3, -0.25) is 0 Å². The van der Waals surface area contributed by atoms with Crippen LogP contribution in [0.5, 0.6) is 0 Å². The molecule has 2 aliphatic rings. The number of hydrogen-bond acceptors (Lipinski definition) is 0. The molecule has 0 bridgehead atoms. The zero-order valence-corrected chi connectivity index (χ0v) is 63.7. The van der Waals surface area contributed by atoms with E-state index in [1.807, 2.05) is 0 Å².